The molecule has 1 aromatic carbocycles. The molecule has 0 amide bonds. The third-order valence-corrected chi connectivity index (χ3v) is 5.10. The van der Waals surface area contributed by atoms with Crippen molar-refractivity contribution in [3.05, 3.63) is 41.5 Å². The highest BCUT2D eigenvalue weighted by molar-refractivity contribution is 5.92. The Morgan fingerprint density at radius 2 is 2.25 bits per heavy atom. The van der Waals surface area contributed by atoms with Crippen LogP contribution in [0.2, 0.25) is 0 Å². The van der Waals surface area contributed by atoms with E-state index in [9.17, 15) is 4.79 Å². The molecular formula is C16H18N2O2. The van der Waals surface area contributed by atoms with Crippen LogP contribution in [0.3, 0.4) is 0 Å². The minimum atomic E-state index is -0.208. The number of carbonyl (C=O) groups excluding carboxylic acids is 1. The molecule has 0 unspecified atom stereocenters. The molecular weight excluding hydrogens is 252 g/mol. The van der Waals surface area contributed by atoms with Crippen molar-refractivity contribution in [2.75, 3.05) is 19.0 Å². The van der Waals surface area contributed by atoms with Gasteiger partial charge in [0, 0.05) is 17.1 Å². The fourth-order valence-electron chi connectivity index (χ4n) is 4.26. The quantitative estimate of drug-likeness (QED) is 0.761. The van der Waals surface area contributed by atoms with Gasteiger partial charge >= 0.3 is 5.97 Å². The van der Waals surface area contributed by atoms with Crippen molar-refractivity contribution in [1.29, 1.82) is 0 Å². The number of anilines is 1. The van der Waals surface area contributed by atoms with Gasteiger partial charge in [-0.05, 0) is 31.0 Å². The Labute approximate surface area is 118 Å². The Morgan fingerprint density at radius 3 is 3.10 bits per heavy atom. The highest BCUT2D eigenvalue weighted by atomic mass is 16.5. The molecule has 0 radical (unpaired) electrons. The molecule has 2 heterocycles. The van der Waals surface area contributed by atoms with Crippen molar-refractivity contribution < 1.29 is 9.53 Å². The summed E-state index contributed by atoms with van der Waals surface area (Å²) in [5.74, 6) is -0.208. The molecule has 1 fully saturated rings. The van der Waals surface area contributed by atoms with Crippen molar-refractivity contribution >= 4 is 11.7 Å². The Morgan fingerprint density at radius 1 is 1.40 bits per heavy atom. The number of benzene rings is 1. The zero-order valence-corrected chi connectivity index (χ0v) is 11.5. The van der Waals surface area contributed by atoms with Crippen LogP contribution in [0.15, 0.2) is 35.9 Å². The minimum absolute atomic E-state index is 0.00509. The number of para-hydroxylation sites is 1. The monoisotopic (exact) mass is 270 g/mol. The van der Waals surface area contributed by atoms with E-state index in [1.165, 1.54) is 12.7 Å². The molecule has 1 aliphatic carbocycles. The minimum Gasteiger partial charge on any atom is -0.466 e. The van der Waals surface area contributed by atoms with Gasteiger partial charge in [-0.1, -0.05) is 24.3 Å². The third kappa shape index (κ3) is 1.32. The van der Waals surface area contributed by atoms with E-state index in [2.05, 4.69) is 28.8 Å². The van der Waals surface area contributed by atoms with E-state index in [4.69, 9.17) is 4.74 Å². The molecule has 104 valence electrons. The molecule has 0 bridgehead atoms. The number of hydrogen-bond donors (Lipinski definition) is 2. The first-order valence-corrected chi connectivity index (χ1v) is 7.15. The molecule has 2 aliphatic heterocycles. The molecule has 4 rings (SSSR count). The summed E-state index contributed by atoms with van der Waals surface area (Å²) < 4.78 is 4.97. The van der Waals surface area contributed by atoms with Crippen LogP contribution in [0.4, 0.5) is 5.69 Å². The Balaban J connectivity index is 1.88. The largest absolute Gasteiger partial charge is 0.466 e. The number of ether oxygens (including phenoxy) is 1. The maximum Gasteiger partial charge on any atom is 0.335 e. The van der Waals surface area contributed by atoms with Gasteiger partial charge in [-0.25, -0.2) is 4.79 Å². The first kappa shape index (κ1) is 12.0. The predicted molar refractivity (Wildman–Crippen MR) is 76.7 cm³/mol. The standard InChI is InChI=1S/C16H18N2O2/c1-20-15(19)10-6-7-13-16(8-9-17-13)11-4-2-3-5-12(11)18-14(10)16/h2-6,13-14,17-18H,7-9H2,1H3/t13-,14-,16+/m0/s1. The number of rotatable bonds is 1. The maximum atomic E-state index is 12.1. The van der Waals surface area contributed by atoms with E-state index in [1.54, 1.807) is 0 Å². The fraction of sp³-hybridized carbons (Fsp3) is 0.438. The van der Waals surface area contributed by atoms with E-state index in [1.807, 2.05) is 12.1 Å². The second kappa shape index (κ2) is 4.09. The smallest absolute Gasteiger partial charge is 0.335 e. The zero-order valence-electron chi connectivity index (χ0n) is 11.5. The molecule has 1 saturated heterocycles. The maximum absolute atomic E-state index is 12.1. The van der Waals surface area contributed by atoms with Gasteiger partial charge in [-0.3, -0.25) is 0 Å². The van der Waals surface area contributed by atoms with Crippen molar-refractivity contribution in [1.82, 2.24) is 5.32 Å². The van der Waals surface area contributed by atoms with Crippen LogP contribution in [0, 0.1) is 0 Å². The molecule has 2 N–H and O–H groups in total. The fourth-order valence-corrected chi connectivity index (χ4v) is 4.26. The van der Waals surface area contributed by atoms with Crippen LogP contribution in [-0.2, 0) is 14.9 Å². The average molecular weight is 270 g/mol. The van der Waals surface area contributed by atoms with Crippen LogP contribution < -0.4 is 10.6 Å². The normalized spacial score (nSPS) is 33.5. The average Bonchev–Trinajstić information content (AvgIpc) is 3.06. The van der Waals surface area contributed by atoms with Gasteiger partial charge < -0.3 is 15.4 Å². The first-order chi connectivity index (χ1) is 9.77. The van der Waals surface area contributed by atoms with E-state index in [-0.39, 0.29) is 17.4 Å². The van der Waals surface area contributed by atoms with Gasteiger partial charge in [0.25, 0.3) is 0 Å². The van der Waals surface area contributed by atoms with Crippen molar-refractivity contribution in [3.63, 3.8) is 0 Å². The Hall–Kier alpha value is -1.81. The summed E-state index contributed by atoms with van der Waals surface area (Å²) in [4.78, 5) is 12.1. The molecule has 3 atom stereocenters. The van der Waals surface area contributed by atoms with Crippen LogP contribution >= 0.6 is 0 Å². The summed E-state index contributed by atoms with van der Waals surface area (Å²) in [5, 5.41) is 7.16. The van der Waals surface area contributed by atoms with Gasteiger partial charge in [0.2, 0.25) is 0 Å². The molecule has 0 aromatic heterocycles. The summed E-state index contributed by atoms with van der Waals surface area (Å²) in [7, 11) is 1.46. The summed E-state index contributed by atoms with van der Waals surface area (Å²) in [5.41, 5.74) is 3.27. The molecule has 0 saturated carbocycles. The lowest BCUT2D eigenvalue weighted by atomic mass is 9.65. The molecule has 4 nitrogen and oxygen atoms in total. The van der Waals surface area contributed by atoms with Crippen LogP contribution in [0.5, 0.6) is 0 Å². The van der Waals surface area contributed by atoms with Gasteiger partial charge in [0.1, 0.15) is 0 Å². The molecule has 1 aromatic rings. The lowest BCUT2D eigenvalue weighted by Crippen LogP contribution is -2.52. The Bertz CT molecular complexity index is 610. The second-order valence-electron chi connectivity index (χ2n) is 5.81. The number of methoxy groups -OCH3 is 1. The highest BCUT2D eigenvalue weighted by Crippen LogP contribution is 2.53. The summed E-state index contributed by atoms with van der Waals surface area (Å²) in [6, 6.07) is 8.86. The van der Waals surface area contributed by atoms with E-state index in [0.717, 1.165) is 30.6 Å². The van der Waals surface area contributed by atoms with Crippen LogP contribution in [0.25, 0.3) is 0 Å². The van der Waals surface area contributed by atoms with E-state index >= 15 is 0 Å². The second-order valence-corrected chi connectivity index (χ2v) is 5.81. The summed E-state index contributed by atoms with van der Waals surface area (Å²) in [6.07, 6.45) is 3.98. The number of carbonyl (C=O) groups is 1. The van der Waals surface area contributed by atoms with Crippen molar-refractivity contribution in [2.45, 2.75) is 30.3 Å². The lowest BCUT2D eigenvalue weighted by Gasteiger charge is -2.40. The topological polar surface area (TPSA) is 50.4 Å². The number of esters is 1. The molecule has 3 aliphatic rings. The first-order valence-electron chi connectivity index (χ1n) is 7.15. The van der Waals surface area contributed by atoms with Gasteiger partial charge in [0.15, 0.2) is 0 Å². The molecule has 4 heteroatoms. The number of fused-ring (bicyclic) bond motifs is 1. The highest BCUT2D eigenvalue weighted by Gasteiger charge is 2.57. The number of nitrogens with one attached hydrogen (secondary N) is 2. The SMILES string of the molecule is COC(=O)C1=CC[C@@H]2NCC[C@@]23c2ccccc2N[C@@H]13. The molecule has 1 spiro atoms. The van der Waals surface area contributed by atoms with Crippen molar-refractivity contribution in [2.24, 2.45) is 0 Å². The Kier molecular flexibility index (Phi) is 2.45. The van der Waals surface area contributed by atoms with E-state index in [0.29, 0.717) is 6.04 Å². The van der Waals surface area contributed by atoms with Gasteiger partial charge in [0.05, 0.1) is 18.7 Å². The van der Waals surface area contributed by atoms with Crippen LogP contribution in [0.1, 0.15) is 18.4 Å². The number of hydrogen-bond acceptors (Lipinski definition) is 4. The zero-order chi connectivity index (χ0) is 13.7. The molecule has 20 heavy (non-hydrogen) atoms. The summed E-state index contributed by atoms with van der Waals surface area (Å²) >= 11 is 0. The lowest BCUT2D eigenvalue weighted by molar-refractivity contribution is -0.136. The van der Waals surface area contributed by atoms with Crippen molar-refractivity contribution in [3.8, 4) is 0 Å². The van der Waals surface area contributed by atoms with Gasteiger partial charge in [-0.2, -0.15) is 0 Å². The third-order valence-electron chi connectivity index (χ3n) is 5.10. The summed E-state index contributed by atoms with van der Waals surface area (Å²) in [6.45, 7) is 0.999. The van der Waals surface area contributed by atoms with Crippen LogP contribution in [-0.4, -0.2) is 31.7 Å². The van der Waals surface area contributed by atoms with E-state index < -0.39 is 0 Å². The van der Waals surface area contributed by atoms with Gasteiger partial charge in [-0.15, -0.1) is 0 Å². The predicted octanol–water partition coefficient (Wildman–Crippen LogP) is 1.58.